The lowest BCUT2D eigenvalue weighted by molar-refractivity contribution is -0.0288. The molecule has 0 saturated heterocycles. The molecule has 0 aliphatic heterocycles. The second kappa shape index (κ2) is 5.67. The van der Waals surface area contributed by atoms with Crippen molar-refractivity contribution in [2.45, 2.75) is 38.8 Å². The van der Waals surface area contributed by atoms with Gasteiger partial charge in [-0.2, -0.15) is 0 Å². The van der Waals surface area contributed by atoms with Gasteiger partial charge in [0.1, 0.15) is 0 Å². The van der Waals surface area contributed by atoms with Crippen LogP contribution >= 0.6 is 11.6 Å². The molecule has 1 aromatic carbocycles. The van der Waals surface area contributed by atoms with Gasteiger partial charge in [-0.15, -0.1) is 0 Å². The van der Waals surface area contributed by atoms with Gasteiger partial charge in [-0.05, 0) is 38.8 Å². The van der Waals surface area contributed by atoms with Crippen LogP contribution in [0, 0.1) is 0 Å². The summed E-state index contributed by atoms with van der Waals surface area (Å²) in [5.41, 5.74) is 6.90. The summed E-state index contributed by atoms with van der Waals surface area (Å²) in [5.74, 6) is 0. The smallest absolute Gasteiger partial charge is 0.0779 e. The van der Waals surface area contributed by atoms with E-state index in [-0.39, 0.29) is 11.6 Å². The Balaban J connectivity index is 2.71. The number of hydrogen-bond acceptors (Lipinski definition) is 2. The Kier molecular flexibility index (Phi) is 4.78. The maximum Gasteiger partial charge on any atom is 0.0779 e. The van der Waals surface area contributed by atoms with Crippen LogP contribution in [0.1, 0.15) is 26.3 Å². The zero-order chi connectivity index (χ0) is 12.2. The topological polar surface area (TPSA) is 35.2 Å². The Morgan fingerprint density at radius 3 is 2.56 bits per heavy atom. The van der Waals surface area contributed by atoms with Crippen LogP contribution in [0.15, 0.2) is 24.3 Å². The van der Waals surface area contributed by atoms with Gasteiger partial charge in [0, 0.05) is 17.7 Å². The molecule has 0 radical (unpaired) electrons. The van der Waals surface area contributed by atoms with E-state index in [0.717, 1.165) is 17.0 Å². The SMILES string of the molecule is CCOC(C)(C)C(N)Cc1ccccc1Cl. The average Bonchev–Trinajstić information content (AvgIpc) is 2.21. The van der Waals surface area contributed by atoms with Gasteiger partial charge in [-0.1, -0.05) is 29.8 Å². The largest absolute Gasteiger partial charge is 0.374 e. The van der Waals surface area contributed by atoms with Crippen molar-refractivity contribution in [2.75, 3.05) is 6.61 Å². The minimum Gasteiger partial charge on any atom is -0.374 e. The van der Waals surface area contributed by atoms with Crippen molar-refractivity contribution in [1.82, 2.24) is 0 Å². The Morgan fingerprint density at radius 1 is 1.38 bits per heavy atom. The van der Waals surface area contributed by atoms with Crippen molar-refractivity contribution < 1.29 is 4.74 Å². The fourth-order valence-corrected chi connectivity index (χ4v) is 1.84. The first-order valence-electron chi connectivity index (χ1n) is 5.60. The van der Waals surface area contributed by atoms with Crippen molar-refractivity contribution in [3.8, 4) is 0 Å². The van der Waals surface area contributed by atoms with E-state index < -0.39 is 0 Å². The molecule has 90 valence electrons. The number of hydrogen-bond donors (Lipinski definition) is 1. The molecule has 1 aromatic rings. The lowest BCUT2D eigenvalue weighted by atomic mass is 9.93. The summed E-state index contributed by atoms with van der Waals surface area (Å²) in [6, 6.07) is 7.72. The third kappa shape index (κ3) is 3.48. The standard InChI is InChI=1S/C13H20ClNO/c1-4-16-13(2,3)12(15)9-10-7-5-6-8-11(10)14/h5-8,12H,4,9,15H2,1-3H3. The zero-order valence-electron chi connectivity index (χ0n) is 10.2. The van der Waals surface area contributed by atoms with Gasteiger partial charge in [0.15, 0.2) is 0 Å². The highest BCUT2D eigenvalue weighted by molar-refractivity contribution is 6.31. The van der Waals surface area contributed by atoms with Crippen molar-refractivity contribution in [3.05, 3.63) is 34.9 Å². The molecule has 0 aliphatic rings. The molecule has 0 bridgehead atoms. The number of benzene rings is 1. The molecule has 0 saturated carbocycles. The molecule has 0 spiro atoms. The predicted octanol–water partition coefficient (Wildman–Crippen LogP) is 3.02. The lowest BCUT2D eigenvalue weighted by Gasteiger charge is -2.31. The van der Waals surface area contributed by atoms with E-state index in [0.29, 0.717) is 6.61 Å². The molecule has 2 nitrogen and oxygen atoms in total. The fraction of sp³-hybridized carbons (Fsp3) is 0.538. The third-order valence-corrected chi connectivity index (χ3v) is 3.18. The van der Waals surface area contributed by atoms with Gasteiger partial charge >= 0.3 is 0 Å². The molecule has 16 heavy (non-hydrogen) atoms. The maximum atomic E-state index is 6.15. The van der Waals surface area contributed by atoms with Crippen LogP contribution in [0.2, 0.25) is 5.02 Å². The number of nitrogens with two attached hydrogens (primary N) is 1. The van der Waals surface area contributed by atoms with Crippen molar-refractivity contribution >= 4 is 11.6 Å². The van der Waals surface area contributed by atoms with E-state index in [9.17, 15) is 0 Å². The second-order valence-corrected chi connectivity index (χ2v) is 4.85. The molecule has 1 atom stereocenters. The summed E-state index contributed by atoms with van der Waals surface area (Å²) >= 11 is 6.10. The molecule has 0 amide bonds. The molecule has 0 aromatic heterocycles. The second-order valence-electron chi connectivity index (χ2n) is 4.44. The Morgan fingerprint density at radius 2 is 2.00 bits per heavy atom. The van der Waals surface area contributed by atoms with Gasteiger partial charge in [-0.3, -0.25) is 0 Å². The van der Waals surface area contributed by atoms with Crippen LogP contribution in [0.4, 0.5) is 0 Å². The van der Waals surface area contributed by atoms with Gasteiger partial charge in [0.25, 0.3) is 0 Å². The number of rotatable bonds is 5. The van der Waals surface area contributed by atoms with E-state index >= 15 is 0 Å². The summed E-state index contributed by atoms with van der Waals surface area (Å²) in [4.78, 5) is 0. The first-order chi connectivity index (χ1) is 7.47. The molecule has 0 fully saturated rings. The summed E-state index contributed by atoms with van der Waals surface area (Å²) in [5, 5.41) is 0.769. The van der Waals surface area contributed by atoms with Crippen LogP contribution < -0.4 is 5.73 Å². The Labute approximate surface area is 103 Å². The van der Waals surface area contributed by atoms with E-state index in [1.54, 1.807) is 0 Å². The molecule has 1 unspecified atom stereocenters. The maximum absolute atomic E-state index is 6.15. The van der Waals surface area contributed by atoms with Crippen LogP contribution in [0.3, 0.4) is 0 Å². The van der Waals surface area contributed by atoms with Crippen LogP contribution in [0.5, 0.6) is 0 Å². The Bertz CT molecular complexity index is 338. The fourth-order valence-electron chi connectivity index (χ4n) is 1.63. The van der Waals surface area contributed by atoms with Crippen LogP contribution in [-0.4, -0.2) is 18.2 Å². The number of halogens is 1. The average molecular weight is 242 g/mol. The molecule has 0 aliphatic carbocycles. The van der Waals surface area contributed by atoms with E-state index in [4.69, 9.17) is 22.1 Å². The highest BCUT2D eigenvalue weighted by Gasteiger charge is 2.27. The van der Waals surface area contributed by atoms with E-state index in [1.165, 1.54) is 0 Å². The van der Waals surface area contributed by atoms with Gasteiger partial charge in [0.2, 0.25) is 0 Å². The predicted molar refractivity (Wildman–Crippen MR) is 68.8 cm³/mol. The van der Waals surface area contributed by atoms with E-state index in [2.05, 4.69) is 0 Å². The first-order valence-corrected chi connectivity index (χ1v) is 5.98. The molecule has 0 heterocycles. The summed E-state index contributed by atoms with van der Waals surface area (Å²) in [6.45, 7) is 6.67. The van der Waals surface area contributed by atoms with Crippen LogP contribution in [0.25, 0.3) is 0 Å². The normalized spacial score (nSPS) is 13.8. The first kappa shape index (κ1) is 13.5. The highest BCUT2D eigenvalue weighted by atomic mass is 35.5. The molecule has 1 rings (SSSR count). The van der Waals surface area contributed by atoms with E-state index in [1.807, 2.05) is 45.0 Å². The van der Waals surface area contributed by atoms with Crippen molar-refractivity contribution in [3.63, 3.8) is 0 Å². The molecular weight excluding hydrogens is 222 g/mol. The lowest BCUT2D eigenvalue weighted by Crippen LogP contribution is -2.46. The summed E-state index contributed by atoms with van der Waals surface area (Å²) in [7, 11) is 0. The van der Waals surface area contributed by atoms with Crippen molar-refractivity contribution in [1.29, 1.82) is 0 Å². The monoisotopic (exact) mass is 241 g/mol. The summed E-state index contributed by atoms with van der Waals surface area (Å²) in [6.07, 6.45) is 0.729. The summed E-state index contributed by atoms with van der Waals surface area (Å²) < 4.78 is 5.64. The molecule has 2 N–H and O–H groups in total. The van der Waals surface area contributed by atoms with Gasteiger partial charge < -0.3 is 10.5 Å². The third-order valence-electron chi connectivity index (χ3n) is 2.81. The minimum atomic E-state index is -0.325. The molecule has 3 heteroatoms. The highest BCUT2D eigenvalue weighted by Crippen LogP contribution is 2.21. The van der Waals surface area contributed by atoms with Gasteiger partial charge in [-0.25, -0.2) is 0 Å². The van der Waals surface area contributed by atoms with Gasteiger partial charge in [0.05, 0.1) is 5.60 Å². The quantitative estimate of drug-likeness (QED) is 0.860. The zero-order valence-corrected chi connectivity index (χ0v) is 10.9. The Hall–Kier alpha value is -0.570. The molecular formula is C13H20ClNO. The van der Waals surface area contributed by atoms with Crippen molar-refractivity contribution in [2.24, 2.45) is 5.73 Å². The number of ether oxygens (including phenoxy) is 1. The minimum absolute atomic E-state index is 0.0626. The van der Waals surface area contributed by atoms with Crippen LogP contribution in [-0.2, 0) is 11.2 Å².